The normalized spacial score (nSPS) is 10.5. The maximum Gasteiger partial charge on any atom is 0.342 e. The number of esters is 2. The van der Waals surface area contributed by atoms with Gasteiger partial charge in [-0.05, 0) is 43.7 Å². The summed E-state index contributed by atoms with van der Waals surface area (Å²) < 4.78 is 21.1. The van der Waals surface area contributed by atoms with Gasteiger partial charge in [0.25, 0.3) is 0 Å². The quantitative estimate of drug-likeness (QED) is 0.543. The Bertz CT molecular complexity index is 1090. The van der Waals surface area contributed by atoms with Crippen molar-refractivity contribution in [3.63, 3.8) is 0 Å². The van der Waals surface area contributed by atoms with Gasteiger partial charge in [0.05, 0.1) is 37.6 Å². The molecule has 7 nitrogen and oxygen atoms in total. The Morgan fingerprint density at radius 2 is 1.73 bits per heavy atom. The van der Waals surface area contributed by atoms with Crippen LogP contribution >= 0.6 is 0 Å². The first-order chi connectivity index (χ1) is 14.5. The van der Waals surface area contributed by atoms with E-state index in [-0.39, 0.29) is 18.8 Å². The number of carbonyl (C=O) groups is 2. The molecule has 3 rings (SSSR count). The maximum absolute atomic E-state index is 12.7. The minimum atomic E-state index is -0.617. The third-order valence-electron chi connectivity index (χ3n) is 4.67. The van der Waals surface area contributed by atoms with Crippen molar-refractivity contribution in [2.75, 3.05) is 20.8 Å². The second-order valence-corrected chi connectivity index (χ2v) is 6.44. The third-order valence-corrected chi connectivity index (χ3v) is 4.67. The molecular formula is C23H23NO6. The molecule has 156 valence electrons. The van der Waals surface area contributed by atoms with E-state index in [1.165, 1.54) is 20.3 Å². The number of para-hydroxylation sites is 1. The molecule has 0 radical (unpaired) electrons. The Morgan fingerprint density at radius 1 is 0.967 bits per heavy atom. The third kappa shape index (κ3) is 4.20. The second kappa shape index (κ2) is 9.26. The van der Waals surface area contributed by atoms with Gasteiger partial charge >= 0.3 is 11.9 Å². The molecule has 0 amide bonds. The number of benzene rings is 2. The highest BCUT2D eigenvalue weighted by Gasteiger charge is 2.22. The van der Waals surface area contributed by atoms with Crippen LogP contribution in [0.3, 0.4) is 0 Å². The molecule has 0 atom stereocenters. The number of aromatic nitrogens is 1. The molecule has 1 aromatic heterocycles. The number of rotatable bonds is 7. The molecule has 0 aliphatic rings. The van der Waals surface area contributed by atoms with Gasteiger partial charge in [-0.3, -0.25) is 0 Å². The molecular weight excluding hydrogens is 386 g/mol. The number of carbonyl (C=O) groups excluding carboxylic acids is 2. The fourth-order valence-corrected chi connectivity index (χ4v) is 3.20. The first-order valence-corrected chi connectivity index (χ1v) is 9.44. The zero-order chi connectivity index (χ0) is 21.7. The molecule has 0 spiro atoms. The molecule has 0 saturated carbocycles. The average molecular weight is 409 g/mol. The summed E-state index contributed by atoms with van der Waals surface area (Å²) in [6.45, 7) is 3.59. The van der Waals surface area contributed by atoms with E-state index in [9.17, 15) is 9.59 Å². The smallest absolute Gasteiger partial charge is 0.342 e. The zero-order valence-electron chi connectivity index (χ0n) is 17.4. The van der Waals surface area contributed by atoms with Gasteiger partial charge in [0.2, 0.25) is 0 Å². The number of hydrogen-bond donors (Lipinski definition) is 0. The van der Waals surface area contributed by atoms with Crippen LogP contribution in [0.15, 0.2) is 42.5 Å². The number of fused-ring (bicyclic) bond motifs is 1. The lowest BCUT2D eigenvalue weighted by atomic mass is 10.0. The molecule has 7 heteroatoms. The summed E-state index contributed by atoms with van der Waals surface area (Å²) in [5.74, 6) is -0.268. The van der Waals surface area contributed by atoms with E-state index in [0.717, 1.165) is 10.9 Å². The van der Waals surface area contributed by atoms with Crippen LogP contribution < -0.4 is 9.47 Å². The van der Waals surface area contributed by atoms with Crippen molar-refractivity contribution in [1.29, 1.82) is 0 Å². The number of aryl methyl sites for hydroxylation is 1. The van der Waals surface area contributed by atoms with E-state index < -0.39 is 11.9 Å². The van der Waals surface area contributed by atoms with Gasteiger partial charge in [-0.1, -0.05) is 18.2 Å². The minimum Gasteiger partial charge on any atom is -0.497 e. The standard InChI is InChI=1S/C23H23NO6/c1-5-29-23(26)21-14(2)16-8-6-7-9-18(16)24-19(21)13-30-22(25)17-12-15(27-3)10-11-20(17)28-4/h6-12H,5,13H2,1-4H3. The van der Waals surface area contributed by atoms with E-state index in [1.54, 1.807) is 19.1 Å². The van der Waals surface area contributed by atoms with E-state index in [1.807, 2.05) is 31.2 Å². The summed E-state index contributed by atoms with van der Waals surface area (Å²) in [5.41, 5.74) is 2.28. The summed E-state index contributed by atoms with van der Waals surface area (Å²) in [5, 5.41) is 0.838. The number of hydrogen-bond acceptors (Lipinski definition) is 7. The van der Waals surface area contributed by atoms with E-state index in [2.05, 4.69) is 4.98 Å². The predicted molar refractivity (Wildman–Crippen MR) is 111 cm³/mol. The van der Waals surface area contributed by atoms with Crippen molar-refractivity contribution in [2.24, 2.45) is 0 Å². The summed E-state index contributed by atoms with van der Waals surface area (Å²) in [6.07, 6.45) is 0. The molecule has 1 heterocycles. The summed E-state index contributed by atoms with van der Waals surface area (Å²) in [7, 11) is 2.97. The van der Waals surface area contributed by atoms with Gasteiger partial charge in [0.1, 0.15) is 23.7 Å². The van der Waals surface area contributed by atoms with Crippen molar-refractivity contribution in [1.82, 2.24) is 4.98 Å². The summed E-state index contributed by atoms with van der Waals surface area (Å²) in [4.78, 5) is 29.9. The summed E-state index contributed by atoms with van der Waals surface area (Å²) in [6, 6.07) is 12.3. The molecule has 0 bridgehead atoms. The fraction of sp³-hybridized carbons (Fsp3) is 0.261. The Labute approximate surface area is 174 Å². The highest BCUT2D eigenvalue weighted by molar-refractivity contribution is 5.98. The molecule has 3 aromatic rings. The van der Waals surface area contributed by atoms with E-state index in [4.69, 9.17) is 18.9 Å². The van der Waals surface area contributed by atoms with Crippen LogP contribution in [-0.4, -0.2) is 37.7 Å². The van der Waals surface area contributed by atoms with Gasteiger partial charge in [-0.2, -0.15) is 0 Å². The van der Waals surface area contributed by atoms with Gasteiger partial charge in [0.15, 0.2) is 0 Å². The Kier molecular flexibility index (Phi) is 6.51. The van der Waals surface area contributed by atoms with Crippen molar-refractivity contribution in [2.45, 2.75) is 20.5 Å². The topological polar surface area (TPSA) is 84.0 Å². The van der Waals surface area contributed by atoms with Crippen LogP contribution in [0.1, 0.15) is 38.9 Å². The first kappa shape index (κ1) is 21.1. The number of methoxy groups -OCH3 is 2. The summed E-state index contributed by atoms with van der Waals surface area (Å²) >= 11 is 0. The van der Waals surface area contributed by atoms with Gasteiger partial charge in [0, 0.05) is 5.39 Å². The Balaban J connectivity index is 1.96. The van der Waals surface area contributed by atoms with Crippen LogP contribution in [0.2, 0.25) is 0 Å². The molecule has 0 fully saturated rings. The van der Waals surface area contributed by atoms with E-state index in [0.29, 0.717) is 28.3 Å². The Morgan fingerprint density at radius 3 is 2.43 bits per heavy atom. The largest absolute Gasteiger partial charge is 0.497 e. The highest BCUT2D eigenvalue weighted by Crippen LogP contribution is 2.27. The SMILES string of the molecule is CCOC(=O)c1c(COC(=O)c2cc(OC)ccc2OC)nc2ccccc2c1C. The molecule has 0 aliphatic heterocycles. The maximum atomic E-state index is 12.7. The minimum absolute atomic E-state index is 0.195. The lowest BCUT2D eigenvalue weighted by Gasteiger charge is -2.15. The average Bonchev–Trinajstić information content (AvgIpc) is 2.77. The Hall–Kier alpha value is -3.61. The van der Waals surface area contributed by atoms with E-state index >= 15 is 0 Å². The number of ether oxygens (including phenoxy) is 4. The molecule has 0 N–H and O–H groups in total. The van der Waals surface area contributed by atoms with Crippen molar-refractivity contribution in [3.8, 4) is 11.5 Å². The van der Waals surface area contributed by atoms with Crippen LogP contribution in [0.25, 0.3) is 10.9 Å². The molecule has 0 unspecified atom stereocenters. The molecule has 2 aromatic carbocycles. The fourth-order valence-electron chi connectivity index (χ4n) is 3.20. The number of nitrogens with zero attached hydrogens (tertiary/aromatic N) is 1. The monoisotopic (exact) mass is 409 g/mol. The first-order valence-electron chi connectivity index (χ1n) is 9.44. The van der Waals surface area contributed by atoms with Crippen molar-refractivity contribution < 1.29 is 28.5 Å². The zero-order valence-corrected chi connectivity index (χ0v) is 17.4. The predicted octanol–water partition coefficient (Wildman–Crippen LogP) is 4.09. The molecule has 0 saturated heterocycles. The van der Waals surface area contributed by atoms with Crippen LogP contribution in [0.5, 0.6) is 11.5 Å². The van der Waals surface area contributed by atoms with Crippen LogP contribution in [-0.2, 0) is 16.1 Å². The lowest BCUT2D eigenvalue weighted by Crippen LogP contribution is -2.15. The van der Waals surface area contributed by atoms with Gasteiger partial charge in [-0.15, -0.1) is 0 Å². The van der Waals surface area contributed by atoms with Gasteiger partial charge < -0.3 is 18.9 Å². The molecule has 30 heavy (non-hydrogen) atoms. The second-order valence-electron chi connectivity index (χ2n) is 6.44. The highest BCUT2D eigenvalue weighted by atomic mass is 16.5. The van der Waals surface area contributed by atoms with Crippen LogP contribution in [0.4, 0.5) is 0 Å². The van der Waals surface area contributed by atoms with Crippen molar-refractivity contribution >= 4 is 22.8 Å². The number of pyridine rings is 1. The lowest BCUT2D eigenvalue weighted by molar-refractivity contribution is 0.0441. The van der Waals surface area contributed by atoms with Crippen LogP contribution in [0, 0.1) is 6.92 Å². The van der Waals surface area contributed by atoms with Crippen molar-refractivity contribution in [3.05, 3.63) is 64.8 Å². The molecule has 0 aliphatic carbocycles. The van der Waals surface area contributed by atoms with Gasteiger partial charge in [-0.25, -0.2) is 14.6 Å².